The van der Waals surface area contributed by atoms with Crippen molar-refractivity contribution in [1.29, 1.82) is 0 Å². The van der Waals surface area contributed by atoms with Crippen molar-refractivity contribution in [2.75, 3.05) is 20.3 Å². The van der Waals surface area contributed by atoms with Crippen LogP contribution >= 0.6 is 27.5 Å². The minimum absolute atomic E-state index is 0.344. The predicted octanol–water partition coefficient (Wildman–Crippen LogP) is 1.79. The monoisotopic (exact) mass is 392 g/mol. The number of rotatable bonds is 5. The van der Waals surface area contributed by atoms with Crippen LogP contribution in [-0.2, 0) is 14.3 Å². The molecule has 1 aromatic rings. The lowest BCUT2D eigenvalue weighted by molar-refractivity contribution is -0.150. The summed E-state index contributed by atoms with van der Waals surface area (Å²) in [4.78, 5) is 33.6. The van der Waals surface area contributed by atoms with E-state index in [1.165, 1.54) is 7.05 Å². The summed E-state index contributed by atoms with van der Waals surface area (Å²) in [6.45, 7) is 0.784. The van der Waals surface area contributed by atoms with Crippen molar-refractivity contribution in [2.24, 2.45) is 0 Å². The summed E-state index contributed by atoms with van der Waals surface area (Å²) in [6.07, 6.45) is 0. The number of carbonyl (C=O) groups excluding carboxylic acids is 3. The molecule has 1 rings (SSSR count). The molecule has 0 aromatic heterocycles. The van der Waals surface area contributed by atoms with E-state index < -0.39 is 31.1 Å². The van der Waals surface area contributed by atoms with Crippen LogP contribution in [0.15, 0.2) is 16.6 Å². The van der Waals surface area contributed by atoms with Gasteiger partial charge < -0.3 is 14.8 Å². The maximum absolute atomic E-state index is 11.5. The molecular formula is C13H14BrClN2O5. The summed E-state index contributed by atoms with van der Waals surface area (Å²) >= 11 is 9.29. The molecule has 0 radical (unpaired) electrons. The third-order valence-corrected chi connectivity index (χ3v) is 3.11. The maximum atomic E-state index is 11.5. The zero-order valence-corrected chi connectivity index (χ0v) is 14.2. The molecule has 2 N–H and O–H groups in total. The molecule has 0 aliphatic rings. The van der Waals surface area contributed by atoms with Gasteiger partial charge in [-0.3, -0.25) is 10.1 Å². The molecule has 0 atom stereocenters. The van der Waals surface area contributed by atoms with E-state index in [-0.39, 0.29) is 0 Å². The first-order valence-corrected chi connectivity index (χ1v) is 7.26. The first kappa shape index (κ1) is 18.2. The van der Waals surface area contributed by atoms with Gasteiger partial charge in [0, 0.05) is 11.5 Å². The van der Waals surface area contributed by atoms with Crippen LogP contribution in [0, 0.1) is 6.92 Å². The Bertz CT molecular complexity index is 571. The van der Waals surface area contributed by atoms with Crippen LogP contribution in [0.2, 0.25) is 5.02 Å². The highest BCUT2D eigenvalue weighted by molar-refractivity contribution is 9.10. The second-order valence-electron chi connectivity index (χ2n) is 4.11. The number of ether oxygens (including phenoxy) is 2. The lowest BCUT2D eigenvalue weighted by Gasteiger charge is -2.11. The number of hydrogen-bond donors (Lipinski definition) is 2. The molecule has 0 heterocycles. The van der Waals surface area contributed by atoms with Gasteiger partial charge in [0.05, 0.1) is 5.02 Å². The van der Waals surface area contributed by atoms with E-state index in [2.05, 4.69) is 26.0 Å². The van der Waals surface area contributed by atoms with Crippen LogP contribution in [0.25, 0.3) is 0 Å². The smallest absolute Gasteiger partial charge is 0.344 e. The fourth-order valence-electron chi connectivity index (χ4n) is 1.42. The summed E-state index contributed by atoms with van der Waals surface area (Å²) < 4.78 is 10.7. The molecule has 22 heavy (non-hydrogen) atoms. The van der Waals surface area contributed by atoms with Gasteiger partial charge in [0.15, 0.2) is 13.2 Å². The Morgan fingerprint density at radius 1 is 1.27 bits per heavy atom. The highest BCUT2D eigenvalue weighted by Gasteiger charge is 2.13. The van der Waals surface area contributed by atoms with E-state index >= 15 is 0 Å². The Hall–Kier alpha value is -1.80. The van der Waals surface area contributed by atoms with Gasteiger partial charge in [-0.25, -0.2) is 9.59 Å². The summed E-state index contributed by atoms with van der Waals surface area (Å²) in [5, 5.41) is 4.49. The largest absolute Gasteiger partial charge is 0.480 e. The Balaban J connectivity index is 2.44. The normalized spacial score (nSPS) is 9.82. The summed E-state index contributed by atoms with van der Waals surface area (Å²) in [6, 6.07) is 2.73. The third kappa shape index (κ3) is 5.90. The fourth-order valence-corrected chi connectivity index (χ4v) is 2.44. The van der Waals surface area contributed by atoms with Gasteiger partial charge in [0.25, 0.3) is 5.91 Å². The molecule has 3 amide bonds. The van der Waals surface area contributed by atoms with Crippen molar-refractivity contribution in [1.82, 2.24) is 10.6 Å². The molecule has 0 spiro atoms. The van der Waals surface area contributed by atoms with Crippen molar-refractivity contribution in [2.45, 2.75) is 6.92 Å². The molecule has 0 fully saturated rings. The molecule has 0 aliphatic heterocycles. The number of esters is 1. The Morgan fingerprint density at radius 2 is 1.95 bits per heavy atom. The number of imide groups is 1. The summed E-state index contributed by atoms with van der Waals surface area (Å²) in [5.41, 5.74) is 0.740. The minimum atomic E-state index is -0.759. The van der Waals surface area contributed by atoms with E-state index in [0.29, 0.717) is 10.8 Å². The van der Waals surface area contributed by atoms with Gasteiger partial charge in [0.1, 0.15) is 5.75 Å². The maximum Gasteiger partial charge on any atom is 0.344 e. The van der Waals surface area contributed by atoms with E-state index in [0.717, 1.165) is 10.0 Å². The number of amides is 3. The fraction of sp³-hybridized carbons (Fsp3) is 0.308. The predicted molar refractivity (Wildman–Crippen MR) is 82.9 cm³/mol. The first-order chi connectivity index (χ1) is 10.3. The molecule has 0 bridgehead atoms. The molecule has 0 unspecified atom stereocenters. The lowest BCUT2D eigenvalue weighted by atomic mass is 10.2. The zero-order chi connectivity index (χ0) is 16.7. The Kier molecular flexibility index (Phi) is 7.13. The molecule has 1 aromatic carbocycles. The van der Waals surface area contributed by atoms with Crippen molar-refractivity contribution in [3.05, 3.63) is 27.2 Å². The minimum Gasteiger partial charge on any atom is -0.480 e. The molecular weight excluding hydrogens is 380 g/mol. The van der Waals surface area contributed by atoms with Crippen molar-refractivity contribution in [3.8, 4) is 5.75 Å². The van der Waals surface area contributed by atoms with E-state index in [1.54, 1.807) is 19.1 Å². The van der Waals surface area contributed by atoms with Crippen LogP contribution in [0.4, 0.5) is 4.79 Å². The van der Waals surface area contributed by atoms with Crippen molar-refractivity contribution >= 4 is 45.4 Å². The quantitative estimate of drug-likeness (QED) is 0.744. The average molecular weight is 394 g/mol. The highest BCUT2D eigenvalue weighted by atomic mass is 79.9. The second kappa shape index (κ2) is 8.60. The van der Waals surface area contributed by atoms with Gasteiger partial charge in [-0.2, -0.15) is 0 Å². The Labute approximate surface area is 140 Å². The van der Waals surface area contributed by atoms with Crippen LogP contribution in [0.5, 0.6) is 5.75 Å². The van der Waals surface area contributed by atoms with E-state index in [9.17, 15) is 14.4 Å². The summed E-state index contributed by atoms with van der Waals surface area (Å²) in [7, 11) is 1.35. The zero-order valence-electron chi connectivity index (χ0n) is 11.9. The number of nitrogens with one attached hydrogen (secondary N) is 2. The SMILES string of the molecule is CNC(=O)NC(=O)COC(=O)COc1c(C)cc(Br)cc1Cl. The highest BCUT2D eigenvalue weighted by Crippen LogP contribution is 2.31. The number of benzene rings is 1. The molecule has 0 saturated carbocycles. The third-order valence-electron chi connectivity index (χ3n) is 2.37. The van der Waals surface area contributed by atoms with Gasteiger partial charge in [-0.05, 0) is 24.6 Å². The Morgan fingerprint density at radius 3 is 2.55 bits per heavy atom. The lowest BCUT2D eigenvalue weighted by Crippen LogP contribution is -2.40. The molecule has 7 nitrogen and oxygen atoms in total. The molecule has 9 heteroatoms. The van der Waals surface area contributed by atoms with Gasteiger partial charge in [-0.15, -0.1) is 0 Å². The molecule has 120 valence electrons. The van der Waals surface area contributed by atoms with E-state index in [4.69, 9.17) is 16.3 Å². The number of hydrogen-bond acceptors (Lipinski definition) is 5. The standard InChI is InChI=1S/C13H14BrClN2O5/c1-7-3-8(14)4-9(15)12(7)22-6-11(19)21-5-10(18)17-13(20)16-2/h3-4H,5-6H2,1-2H3,(H2,16,17,18,20). The van der Waals surface area contributed by atoms with Crippen LogP contribution < -0.4 is 15.4 Å². The molecule has 0 aliphatic carbocycles. The number of halogens is 2. The van der Waals surface area contributed by atoms with Gasteiger partial charge in [-0.1, -0.05) is 27.5 Å². The topological polar surface area (TPSA) is 93.7 Å². The van der Waals surface area contributed by atoms with Crippen LogP contribution in [-0.4, -0.2) is 38.2 Å². The number of urea groups is 1. The van der Waals surface area contributed by atoms with Crippen molar-refractivity contribution < 1.29 is 23.9 Å². The van der Waals surface area contributed by atoms with Crippen LogP contribution in [0.3, 0.4) is 0 Å². The van der Waals surface area contributed by atoms with Gasteiger partial charge >= 0.3 is 12.0 Å². The second-order valence-corrected chi connectivity index (χ2v) is 5.43. The van der Waals surface area contributed by atoms with E-state index in [1.807, 2.05) is 5.32 Å². The van der Waals surface area contributed by atoms with Crippen molar-refractivity contribution in [3.63, 3.8) is 0 Å². The van der Waals surface area contributed by atoms with Crippen LogP contribution in [0.1, 0.15) is 5.56 Å². The molecule has 0 saturated heterocycles. The number of aryl methyl sites for hydroxylation is 1. The number of carbonyl (C=O) groups is 3. The average Bonchev–Trinajstić information content (AvgIpc) is 2.43. The van der Waals surface area contributed by atoms with Gasteiger partial charge in [0.2, 0.25) is 0 Å². The first-order valence-electron chi connectivity index (χ1n) is 6.09. The summed E-state index contributed by atoms with van der Waals surface area (Å²) in [5.74, 6) is -1.15.